The van der Waals surface area contributed by atoms with Gasteiger partial charge in [0, 0.05) is 6.04 Å². The maximum absolute atomic E-state index is 12.3. The van der Waals surface area contributed by atoms with Gasteiger partial charge in [0.2, 0.25) is 11.0 Å². The highest BCUT2D eigenvalue weighted by Crippen LogP contribution is 2.29. The van der Waals surface area contributed by atoms with Crippen molar-refractivity contribution in [1.29, 1.82) is 5.26 Å². The van der Waals surface area contributed by atoms with Crippen molar-refractivity contribution in [3.8, 4) is 6.07 Å². The quantitative estimate of drug-likeness (QED) is 0.741. The molecule has 0 bridgehead atoms. The number of nitriles is 1. The van der Waals surface area contributed by atoms with Gasteiger partial charge < -0.3 is 10.6 Å². The smallest absolute Gasteiger partial charge is 0.234 e. The fraction of sp³-hybridized carbons (Fsp3) is 0.714. The summed E-state index contributed by atoms with van der Waals surface area (Å²) in [6.45, 7) is 11.4. The first-order valence-corrected chi connectivity index (χ1v) is 8.87. The lowest BCUT2D eigenvalue weighted by Gasteiger charge is -2.28. The summed E-state index contributed by atoms with van der Waals surface area (Å²) in [5, 5.41) is 23.8. The number of carbonyl (C=O) groups is 1. The van der Waals surface area contributed by atoms with E-state index in [0.717, 1.165) is 9.47 Å². The fourth-order valence-electron chi connectivity index (χ4n) is 1.43. The molecule has 8 heteroatoms. The minimum atomic E-state index is -0.864. The second-order valence-corrected chi connectivity index (χ2v) is 8.46. The van der Waals surface area contributed by atoms with Crippen LogP contribution in [0.25, 0.3) is 0 Å². The Morgan fingerprint density at radius 1 is 1.32 bits per heavy atom. The maximum atomic E-state index is 12.3. The Kier molecular flexibility index (Phi) is 6.63. The minimum absolute atomic E-state index is 0.0297. The van der Waals surface area contributed by atoms with Gasteiger partial charge in [-0.15, -0.1) is 10.2 Å². The maximum Gasteiger partial charge on any atom is 0.234 e. The molecule has 0 aromatic carbocycles. The molecule has 22 heavy (non-hydrogen) atoms. The van der Waals surface area contributed by atoms with E-state index in [-0.39, 0.29) is 23.1 Å². The minimum Gasteiger partial charge on any atom is -0.358 e. The number of rotatable bonds is 7. The molecule has 122 valence electrons. The van der Waals surface area contributed by atoms with Gasteiger partial charge in [-0.3, -0.25) is 4.79 Å². The van der Waals surface area contributed by atoms with E-state index < -0.39 is 5.54 Å². The van der Waals surface area contributed by atoms with E-state index >= 15 is 0 Å². The summed E-state index contributed by atoms with van der Waals surface area (Å²) in [5.41, 5.74) is -0.864. The highest BCUT2D eigenvalue weighted by Gasteiger charge is 2.32. The second-order valence-electron chi connectivity index (χ2n) is 5.89. The number of thioether (sulfide) groups is 1. The Hall–Kier alpha value is -1.33. The van der Waals surface area contributed by atoms with E-state index in [4.69, 9.17) is 0 Å². The van der Waals surface area contributed by atoms with Crippen LogP contribution in [0.1, 0.15) is 41.5 Å². The summed E-state index contributed by atoms with van der Waals surface area (Å²) >= 11 is 2.77. The Morgan fingerprint density at radius 3 is 2.45 bits per heavy atom. The fourth-order valence-corrected chi connectivity index (χ4v) is 3.47. The highest BCUT2D eigenvalue weighted by molar-refractivity contribution is 8.02. The summed E-state index contributed by atoms with van der Waals surface area (Å²) in [7, 11) is 0. The molecule has 1 aromatic heterocycles. The average Bonchev–Trinajstić information content (AvgIpc) is 2.84. The van der Waals surface area contributed by atoms with E-state index in [2.05, 4.69) is 26.9 Å². The lowest BCUT2D eigenvalue weighted by molar-refractivity contribution is -0.121. The van der Waals surface area contributed by atoms with E-state index in [9.17, 15) is 10.1 Å². The molecule has 0 fully saturated rings. The normalized spacial score (nSPS) is 15.2. The van der Waals surface area contributed by atoms with Crippen LogP contribution in [0, 0.1) is 17.2 Å². The highest BCUT2D eigenvalue weighted by atomic mass is 32.2. The Morgan fingerprint density at radius 2 is 1.95 bits per heavy atom. The van der Waals surface area contributed by atoms with Crippen LogP contribution < -0.4 is 10.6 Å². The van der Waals surface area contributed by atoms with Crippen LogP contribution in [0.2, 0.25) is 0 Å². The third kappa shape index (κ3) is 5.14. The van der Waals surface area contributed by atoms with E-state index in [1.54, 1.807) is 13.8 Å². The first kappa shape index (κ1) is 18.7. The van der Waals surface area contributed by atoms with Gasteiger partial charge in [0.1, 0.15) is 5.54 Å². The number of amides is 1. The Balaban J connectivity index is 2.65. The van der Waals surface area contributed by atoms with Crippen LogP contribution in [0.15, 0.2) is 4.34 Å². The lowest BCUT2D eigenvalue weighted by Crippen LogP contribution is -2.51. The van der Waals surface area contributed by atoms with Crippen molar-refractivity contribution in [2.45, 2.75) is 62.7 Å². The van der Waals surface area contributed by atoms with Gasteiger partial charge in [0.05, 0.1) is 11.3 Å². The van der Waals surface area contributed by atoms with Crippen LogP contribution >= 0.6 is 23.1 Å². The van der Waals surface area contributed by atoms with Gasteiger partial charge in [-0.2, -0.15) is 5.26 Å². The molecule has 1 amide bonds. The van der Waals surface area contributed by atoms with Crippen LogP contribution in [0.4, 0.5) is 5.13 Å². The lowest BCUT2D eigenvalue weighted by atomic mass is 9.90. The number of carbonyl (C=O) groups excluding carboxylic acids is 1. The topological polar surface area (TPSA) is 90.7 Å². The number of anilines is 1. The molecular formula is C14H23N5OS2. The zero-order chi connectivity index (χ0) is 16.9. The van der Waals surface area contributed by atoms with E-state index in [0.29, 0.717) is 0 Å². The van der Waals surface area contributed by atoms with Crippen LogP contribution in [-0.4, -0.2) is 32.9 Å². The predicted octanol–water partition coefficient (Wildman–Crippen LogP) is 2.89. The van der Waals surface area contributed by atoms with Gasteiger partial charge in [-0.25, -0.2) is 0 Å². The van der Waals surface area contributed by atoms with Gasteiger partial charge in [0.25, 0.3) is 0 Å². The molecule has 0 saturated heterocycles. The van der Waals surface area contributed by atoms with Crippen molar-refractivity contribution in [3.63, 3.8) is 0 Å². The van der Waals surface area contributed by atoms with Crippen molar-refractivity contribution in [3.05, 3.63) is 0 Å². The molecule has 1 rings (SSSR count). The summed E-state index contributed by atoms with van der Waals surface area (Å²) in [5.74, 6) is -0.140. The molecule has 2 N–H and O–H groups in total. The van der Waals surface area contributed by atoms with Crippen molar-refractivity contribution >= 4 is 34.1 Å². The second kappa shape index (κ2) is 7.79. The Bertz CT molecular complexity index is 552. The van der Waals surface area contributed by atoms with E-state index in [1.165, 1.54) is 23.1 Å². The zero-order valence-corrected chi connectivity index (χ0v) is 15.4. The van der Waals surface area contributed by atoms with Crippen LogP contribution in [0.3, 0.4) is 0 Å². The summed E-state index contributed by atoms with van der Waals surface area (Å²) < 4.78 is 0.731. The number of aromatic nitrogens is 2. The van der Waals surface area contributed by atoms with Crippen molar-refractivity contribution in [2.75, 3.05) is 5.32 Å². The third-order valence-electron chi connectivity index (χ3n) is 3.24. The molecule has 0 unspecified atom stereocenters. The molecule has 0 aliphatic rings. The van der Waals surface area contributed by atoms with Gasteiger partial charge >= 0.3 is 0 Å². The van der Waals surface area contributed by atoms with Crippen molar-refractivity contribution < 1.29 is 4.79 Å². The summed E-state index contributed by atoms with van der Waals surface area (Å²) in [4.78, 5) is 12.3. The van der Waals surface area contributed by atoms with Gasteiger partial charge in [-0.1, -0.05) is 36.9 Å². The molecule has 2 atom stereocenters. The van der Waals surface area contributed by atoms with Crippen LogP contribution in [0.5, 0.6) is 0 Å². The van der Waals surface area contributed by atoms with Gasteiger partial charge in [-0.05, 0) is 33.6 Å². The number of nitrogens with zero attached hydrogens (tertiary/aromatic N) is 3. The molecule has 0 spiro atoms. The molecule has 0 aliphatic carbocycles. The number of nitrogens with one attached hydrogen (secondary N) is 2. The monoisotopic (exact) mass is 341 g/mol. The largest absolute Gasteiger partial charge is 0.358 e. The Labute approximate surface area is 140 Å². The molecule has 0 saturated carbocycles. The number of hydrogen-bond acceptors (Lipinski definition) is 7. The SMILES string of the molecule is CC(C)Nc1nnc(S[C@@H](C)C(=O)N[C@](C)(C#N)C(C)C)s1. The molecule has 0 radical (unpaired) electrons. The zero-order valence-electron chi connectivity index (χ0n) is 13.8. The molecule has 0 aliphatic heterocycles. The predicted molar refractivity (Wildman–Crippen MR) is 91.0 cm³/mol. The van der Waals surface area contributed by atoms with Gasteiger partial charge in [0.15, 0.2) is 4.34 Å². The molecule has 1 aromatic rings. The standard InChI is InChI=1S/C14H23N5OS2/c1-8(2)14(6,7-15)17-11(20)10(5)21-13-19-18-12(22-13)16-9(3)4/h8-10H,1-6H3,(H,16,18)(H,17,20)/t10-,14+/m0/s1. The van der Waals surface area contributed by atoms with Crippen molar-refractivity contribution in [2.24, 2.45) is 5.92 Å². The van der Waals surface area contributed by atoms with Crippen molar-refractivity contribution in [1.82, 2.24) is 15.5 Å². The molecule has 1 heterocycles. The first-order valence-electron chi connectivity index (χ1n) is 7.18. The summed E-state index contributed by atoms with van der Waals surface area (Å²) in [6, 6.07) is 2.46. The first-order chi connectivity index (χ1) is 10.2. The van der Waals surface area contributed by atoms with E-state index in [1.807, 2.05) is 27.7 Å². The summed E-state index contributed by atoms with van der Waals surface area (Å²) in [6.07, 6.45) is 0. The third-order valence-corrected chi connectivity index (χ3v) is 5.27. The number of hydrogen-bond donors (Lipinski definition) is 2. The van der Waals surface area contributed by atoms with Crippen LogP contribution in [-0.2, 0) is 4.79 Å². The molecule has 6 nitrogen and oxygen atoms in total. The molecular weight excluding hydrogens is 318 g/mol. The average molecular weight is 342 g/mol.